The molecule has 0 heterocycles. The maximum atomic E-state index is 10.6. The minimum absolute atomic E-state index is 0.328. The highest BCUT2D eigenvalue weighted by atomic mass is 16.5. The molecule has 0 unspecified atom stereocenters. The smallest absolute Gasteiger partial charge is 0.308 e. The zero-order chi connectivity index (χ0) is 9.84. The molecule has 0 atom stereocenters. The summed E-state index contributed by atoms with van der Waals surface area (Å²) in [5.41, 5.74) is 1.01. The normalized spacial score (nSPS) is 9.46. The van der Waals surface area contributed by atoms with Gasteiger partial charge in [-0.05, 0) is 18.6 Å². The number of benzene rings is 1. The number of rotatable bonds is 2. The first kappa shape index (κ1) is 9.58. The van der Waals surface area contributed by atoms with Crippen LogP contribution in [0.1, 0.15) is 12.5 Å². The summed E-state index contributed by atoms with van der Waals surface area (Å²) in [7, 11) is 1.58. The molecule has 3 heteroatoms. The van der Waals surface area contributed by atoms with Crippen molar-refractivity contribution >= 4 is 5.97 Å². The maximum absolute atomic E-state index is 10.6. The van der Waals surface area contributed by atoms with E-state index >= 15 is 0 Å². The summed E-state index contributed by atoms with van der Waals surface area (Å²) in [5, 5.41) is 0. The summed E-state index contributed by atoms with van der Waals surface area (Å²) in [4.78, 5) is 10.6. The molecule has 13 heavy (non-hydrogen) atoms. The third kappa shape index (κ3) is 2.47. The molecular weight excluding hydrogens is 168 g/mol. The van der Waals surface area contributed by atoms with E-state index in [1.807, 2.05) is 13.0 Å². The van der Waals surface area contributed by atoms with Crippen molar-refractivity contribution in [2.45, 2.75) is 13.8 Å². The van der Waals surface area contributed by atoms with E-state index in [9.17, 15) is 4.79 Å². The van der Waals surface area contributed by atoms with E-state index in [0.717, 1.165) is 11.3 Å². The quantitative estimate of drug-likeness (QED) is 0.515. The lowest BCUT2D eigenvalue weighted by Crippen LogP contribution is -2.01. The Labute approximate surface area is 77.3 Å². The molecule has 0 N–H and O–H groups in total. The van der Waals surface area contributed by atoms with Crippen LogP contribution < -0.4 is 9.47 Å². The van der Waals surface area contributed by atoms with E-state index < -0.39 is 0 Å². The molecule has 1 aromatic carbocycles. The minimum Gasteiger partial charge on any atom is -0.496 e. The van der Waals surface area contributed by atoms with Crippen molar-refractivity contribution in [3.05, 3.63) is 23.8 Å². The van der Waals surface area contributed by atoms with E-state index in [1.165, 1.54) is 6.92 Å². The Morgan fingerprint density at radius 3 is 2.62 bits per heavy atom. The van der Waals surface area contributed by atoms with Crippen molar-refractivity contribution in [3.8, 4) is 11.5 Å². The van der Waals surface area contributed by atoms with Gasteiger partial charge in [0.1, 0.15) is 11.5 Å². The highest BCUT2D eigenvalue weighted by Crippen LogP contribution is 2.23. The van der Waals surface area contributed by atoms with Crippen LogP contribution in [-0.4, -0.2) is 13.1 Å². The third-order valence-electron chi connectivity index (χ3n) is 1.64. The van der Waals surface area contributed by atoms with Gasteiger partial charge in [-0.25, -0.2) is 0 Å². The summed E-state index contributed by atoms with van der Waals surface area (Å²) in [6.45, 7) is 3.29. The summed E-state index contributed by atoms with van der Waals surface area (Å²) in [6.07, 6.45) is 0. The topological polar surface area (TPSA) is 35.5 Å². The van der Waals surface area contributed by atoms with Crippen LogP contribution in [0.2, 0.25) is 0 Å². The zero-order valence-corrected chi connectivity index (χ0v) is 7.96. The van der Waals surface area contributed by atoms with Gasteiger partial charge in [-0.15, -0.1) is 0 Å². The number of ether oxygens (including phenoxy) is 2. The molecular formula is C10H12O3. The van der Waals surface area contributed by atoms with Crippen LogP contribution in [0.3, 0.4) is 0 Å². The molecule has 1 rings (SSSR count). The Morgan fingerprint density at radius 2 is 2.08 bits per heavy atom. The van der Waals surface area contributed by atoms with Gasteiger partial charge in [-0.2, -0.15) is 0 Å². The average Bonchev–Trinajstić information content (AvgIpc) is 2.07. The van der Waals surface area contributed by atoms with Crippen molar-refractivity contribution in [1.82, 2.24) is 0 Å². The van der Waals surface area contributed by atoms with Crippen molar-refractivity contribution in [2.75, 3.05) is 7.11 Å². The van der Waals surface area contributed by atoms with E-state index in [2.05, 4.69) is 0 Å². The van der Waals surface area contributed by atoms with Crippen LogP contribution in [0.4, 0.5) is 0 Å². The third-order valence-corrected chi connectivity index (χ3v) is 1.64. The zero-order valence-electron chi connectivity index (χ0n) is 7.96. The molecule has 0 bridgehead atoms. The molecule has 0 saturated heterocycles. The van der Waals surface area contributed by atoms with Crippen LogP contribution >= 0.6 is 0 Å². The van der Waals surface area contributed by atoms with Crippen molar-refractivity contribution in [3.63, 3.8) is 0 Å². The van der Waals surface area contributed by atoms with Crippen LogP contribution in [0.5, 0.6) is 11.5 Å². The van der Waals surface area contributed by atoms with Crippen molar-refractivity contribution < 1.29 is 14.3 Å². The summed E-state index contributed by atoms with van der Waals surface area (Å²) >= 11 is 0. The Hall–Kier alpha value is -1.51. The first-order valence-electron chi connectivity index (χ1n) is 3.96. The van der Waals surface area contributed by atoms with Crippen LogP contribution in [0.15, 0.2) is 18.2 Å². The highest BCUT2D eigenvalue weighted by molar-refractivity contribution is 5.69. The molecule has 70 valence electrons. The highest BCUT2D eigenvalue weighted by Gasteiger charge is 2.02. The average molecular weight is 180 g/mol. The first-order chi connectivity index (χ1) is 6.13. The number of esters is 1. The van der Waals surface area contributed by atoms with Crippen LogP contribution in [-0.2, 0) is 4.79 Å². The molecule has 1 aromatic rings. The lowest BCUT2D eigenvalue weighted by molar-refractivity contribution is -0.131. The van der Waals surface area contributed by atoms with E-state index in [0.29, 0.717) is 5.75 Å². The Balaban J connectivity index is 2.92. The van der Waals surface area contributed by atoms with Crippen molar-refractivity contribution in [2.24, 2.45) is 0 Å². The largest absolute Gasteiger partial charge is 0.496 e. The number of methoxy groups -OCH3 is 1. The van der Waals surface area contributed by atoms with E-state index in [4.69, 9.17) is 9.47 Å². The molecule has 0 aliphatic carbocycles. The Morgan fingerprint density at radius 1 is 1.38 bits per heavy atom. The number of carbonyl (C=O) groups excluding carboxylic acids is 1. The fraction of sp³-hybridized carbons (Fsp3) is 0.300. The lowest BCUT2D eigenvalue weighted by atomic mass is 10.2. The van der Waals surface area contributed by atoms with Gasteiger partial charge in [0.25, 0.3) is 0 Å². The molecule has 0 fully saturated rings. The van der Waals surface area contributed by atoms with Gasteiger partial charge in [0.05, 0.1) is 7.11 Å². The van der Waals surface area contributed by atoms with Gasteiger partial charge in [-0.3, -0.25) is 4.79 Å². The molecule has 0 aliphatic heterocycles. The van der Waals surface area contributed by atoms with Crippen LogP contribution in [0, 0.1) is 6.92 Å². The molecule has 0 radical (unpaired) electrons. The summed E-state index contributed by atoms with van der Waals surface area (Å²) in [5.74, 6) is 0.902. The van der Waals surface area contributed by atoms with E-state index in [-0.39, 0.29) is 5.97 Å². The second-order valence-electron chi connectivity index (χ2n) is 2.73. The van der Waals surface area contributed by atoms with Gasteiger partial charge >= 0.3 is 5.97 Å². The van der Waals surface area contributed by atoms with Gasteiger partial charge in [-0.1, -0.05) is 6.07 Å². The second-order valence-corrected chi connectivity index (χ2v) is 2.73. The summed E-state index contributed by atoms with van der Waals surface area (Å²) < 4.78 is 9.97. The fourth-order valence-electron chi connectivity index (χ4n) is 1.03. The predicted molar refractivity (Wildman–Crippen MR) is 49.0 cm³/mol. The predicted octanol–water partition coefficient (Wildman–Crippen LogP) is 1.93. The summed E-state index contributed by atoms with van der Waals surface area (Å²) in [6, 6.07) is 5.27. The second kappa shape index (κ2) is 3.94. The van der Waals surface area contributed by atoms with E-state index in [1.54, 1.807) is 19.2 Å². The molecule has 0 amide bonds. The molecule has 3 nitrogen and oxygen atoms in total. The maximum Gasteiger partial charge on any atom is 0.308 e. The molecule has 0 aliphatic rings. The number of hydrogen-bond donors (Lipinski definition) is 0. The van der Waals surface area contributed by atoms with Crippen LogP contribution in [0.25, 0.3) is 0 Å². The fourth-order valence-corrected chi connectivity index (χ4v) is 1.03. The number of carbonyl (C=O) groups is 1. The SMILES string of the molecule is COc1cc(OC(C)=O)ccc1C. The Bertz CT molecular complexity index is 318. The van der Waals surface area contributed by atoms with Gasteiger partial charge < -0.3 is 9.47 Å². The van der Waals surface area contributed by atoms with Crippen molar-refractivity contribution in [1.29, 1.82) is 0 Å². The van der Waals surface area contributed by atoms with Gasteiger partial charge in [0, 0.05) is 13.0 Å². The molecule has 0 aromatic heterocycles. The number of hydrogen-bond acceptors (Lipinski definition) is 3. The molecule has 0 spiro atoms. The monoisotopic (exact) mass is 180 g/mol. The molecule has 0 saturated carbocycles. The van der Waals surface area contributed by atoms with Gasteiger partial charge in [0.15, 0.2) is 0 Å². The van der Waals surface area contributed by atoms with Gasteiger partial charge in [0.2, 0.25) is 0 Å². The number of aryl methyl sites for hydroxylation is 1. The Kier molecular flexibility index (Phi) is 2.90. The first-order valence-corrected chi connectivity index (χ1v) is 3.96. The standard InChI is InChI=1S/C10H12O3/c1-7-4-5-9(13-8(2)11)6-10(7)12-3/h4-6H,1-3H3. The minimum atomic E-state index is -0.328. The lowest BCUT2D eigenvalue weighted by Gasteiger charge is -2.06.